The maximum absolute atomic E-state index is 12.8. The lowest BCUT2D eigenvalue weighted by molar-refractivity contribution is -0.138. The lowest BCUT2D eigenvalue weighted by Crippen LogP contribution is -2.45. The molecule has 2 aliphatic rings. The molecule has 20 heteroatoms. The number of thioether (sulfide) groups is 2. The molecule has 2 saturated heterocycles. The third-order valence-electron chi connectivity index (χ3n) is 12.7. The second-order valence-electron chi connectivity index (χ2n) is 18.9. The van der Waals surface area contributed by atoms with Crippen LogP contribution in [0.1, 0.15) is 85.8 Å². The second-order valence-corrected chi connectivity index (χ2v) is 21.2. The van der Waals surface area contributed by atoms with Crippen molar-refractivity contribution in [1.29, 1.82) is 0 Å². The number of aliphatic imine (C=N–C) groups is 1. The van der Waals surface area contributed by atoms with Gasteiger partial charge in [-0.05, 0) is 113 Å². The van der Waals surface area contributed by atoms with Crippen LogP contribution in [0.15, 0.2) is 173 Å². The molecule has 1 atom stereocenters. The Bertz CT molecular complexity index is 3330. The molecular weight excluding hydrogens is 1040 g/mol. The van der Waals surface area contributed by atoms with Crippen LogP contribution in [-0.4, -0.2) is 82.2 Å². The Morgan fingerprint density at radius 2 is 1.10 bits per heavy atom. The first kappa shape index (κ1) is 55.1. The standard InChI is InChI=1S/C29H29F3N6S.C29H27F3N6S/c1-20(2)25-6-3-4-7-26(25)37-16-5-17-39-28(37)35-34-18-21-8-10-22(11-9-21)27-33-19-38(36-27)24-14-12-23(13-15-24)29(30,31)32;1-20(2)25-6-3-4-7-26(25)35-28-37(16-5-17-39-28)34-18-21-8-10-22(11-9-21)27-33-19-38(36-27)24-14-12-23(13-15-24)29(30,31)32/h3-4,6-15,18-20,28,35H,5,16-17H2,1-2H3;3-4,6-15,18-20H,5,16-17H2,1-2H3/b34-18+;34-18+,35-28?. The maximum Gasteiger partial charge on any atom is 0.416 e. The molecule has 0 saturated carbocycles. The fourth-order valence-electron chi connectivity index (χ4n) is 8.55. The van der Waals surface area contributed by atoms with Gasteiger partial charge in [0.2, 0.25) is 0 Å². The number of hydrogen-bond donors (Lipinski definition) is 1. The summed E-state index contributed by atoms with van der Waals surface area (Å²) < 4.78 is 79.9. The molecule has 402 valence electrons. The van der Waals surface area contributed by atoms with Crippen LogP contribution in [-0.2, 0) is 12.4 Å². The van der Waals surface area contributed by atoms with Gasteiger partial charge in [0.05, 0.1) is 40.6 Å². The molecule has 78 heavy (non-hydrogen) atoms. The summed E-state index contributed by atoms with van der Waals surface area (Å²) in [6, 6.07) is 41.7. The molecule has 8 aromatic rings. The van der Waals surface area contributed by atoms with Crippen molar-refractivity contribution in [2.24, 2.45) is 15.2 Å². The molecule has 10 rings (SSSR count). The van der Waals surface area contributed by atoms with Gasteiger partial charge in [-0.25, -0.2) is 29.3 Å². The number of alkyl halides is 6. The molecular formula is C58H56F6N12S2. The Labute approximate surface area is 457 Å². The van der Waals surface area contributed by atoms with Crippen LogP contribution in [0.3, 0.4) is 0 Å². The zero-order chi connectivity index (χ0) is 54.8. The predicted octanol–water partition coefficient (Wildman–Crippen LogP) is 14.5. The van der Waals surface area contributed by atoms with Crippen molar-refractivity contribution < 1.29 is 26.3 Å². The molecule has 1 unspecified atom stereocenters. The molecule has 0 amide bonds. The largest absolute Gasteiger partial charge is 0.416 e. The summed E-state index contributed by atoms with van der Waals surface area (Å²) in [5.41, 5.74) is 11.2. The molecule has 0 bridgehead atoms. The van der Waals surface area contributed by atoms with Crippen molar-refractivity contribution in [1.82, 2.24) is 40.0 Å². The summed E-state index contributed by atoms with van der Waals surface area (Å²) in [4.78, 5) is 16.0. The summed E-state index contributed by atoms with van der Waals surface area (Å²) >= 11 is 3.56. The molecule has 12 nitrogen and oxygen atoms in total. The van der Waals surface area contributed by atoms with E-state index in [2.05, 4.69) is 93.6 Å². The molecule has 6 aromatic carbocycles. The predicted molar refractivity (Wildman–Crippen MR) is 302 cm³/mol. The third-order valence-corrected chi connectivity index (χ3v) is 14.9. The van der Waals surface area contributed by atoms with Gasteiger partial charge in [-0.15, -0.1) is 22.0 Å². The smallest absolute Gasteiger partial charge is 0.341 e. The van der Waals surface area contributed by atoms with Crippen LogP contribution in [0.5, 0.6) is 0 Å². The average Bonchev–Trinajstić information content (AvgIpc) is 4.18. The fraction of sp³-hybridized carbons (Fsp3) is 0.259. The van der Waals surface area contributed by atoms with Crippen molar-refractivity contribution in [3.63, 3.8) is 0 Å². The lowest BCUT2D eigenvalue weighted by atomic mass is 10.0. The Kier molecular flexibility index (Phi) is 17.5. The molecule has 2 fully saturated rings. The SMILES string of the molecule is CC(C)c1ccccc1N1CCCSC1N/N=C/c1ccc(-c2ncn(-c3ccc(C(F)(F)F)cc3)n2)cc1.CC(C)c1ccccc1N=C1SCCCN1/N=C/c1ccc(-c2ncn(-c3ccc(C(F)(F)F)cc3)n2)cc1. The number of hydrazone groups is 2. The van der Waals surface area contributed by atoms with Crippen LogP contribution < -0.4 is 10.3 Å². The van der Waals surface area contributed by atoms with E-state index in [1.165, 1.54) is 63.1 Å². The summed E-state index contributed by atoms with van der Waals surface area (Å²) in [5.74, 6) is 3.86. The van der Waals surface area contributed by atoms with Crippen molar-refractivity contribution in [2.45, 2.75) is 70.2 Å². The highest BCUT2D eigenvalue weighted by molar-refractivity contribution is 8.13. The monoisotopic (exact) mass is 1100 g/mol. The first-order chi connectivity index (χ1) is 37.6. The summed E-state index contributed by atoms with van der Waals surface area (Å²) in [6.07, 6.45) is -0.0184. The lowest BCUT2D eigenvalue weighted by Gasteiger charge is -2.38. The van der Waals surface area contributed by atoms with E-state index in [1.807, 2.05) is 89.7 Å². The van der Waals surface area contributed by atoms with Crippen molar-refractivity contribution in [2.75, 3.05) is 29.5 Å². The third kappa shape index (κ3) is 13.9. The minimum atomic E-state index is -4.38. The van der Waals surface area contributed by atoms with E-state index >= 15 is 0 Å². The van der Waals surface area contributed by atoms with Gasteiger partial charge in [0.15, 0.2) is 22.3 Å². The zero-order valence-electron chi connectivity index (χ0n) is 43.1. The van der Waals surface area contributed by atoms with Gasteiger partial charge in [0.1, 0.15) is 12.7 Å². The quantitative estimate of drug-likeness (QED) is 0.0684. The van der Waals surface area contributed by atoms with Gasteiger partial charge in [-0.2, -0.15) is 36.5 Å². The van der Waals surface area contributed by atoms with Crippen LogP contribution in [0, 0.1) is 0 Å². The Balaban J connectivity index is 0.000000190. The number of halogens is 6. The van der Waals surface area contributed by atoms with E-state index in [1.54, 1.807) is 18.0 Å². The minimum absolute atomic E-state index is 0.0486. The van der Waals surface area contributed by atoms with Gasteiger partial charge in [0, 0.05) is 35.7 Å². The number of anilines is 1. The fourth-order valence-corrected chi connectivity index (χ4v) is 10.5. The van der Waals surface area contributed by atoms with Gasteiger partial charge < -0.3 is 4.90 Å². The first-order valence-corrected chi connectivity index (χ1v) is 27.4. The zero-order valence-corrected chi connectivity index (χ0v) is 44.8. The summed E-state index contributed by atoms with van der Waals surface area (Å²) in [5, 5.41) is 20.9. The van der Waals surface area contributed by atoms with Crippen LogP contribution >= 0.6 is 23.5 Å². The van der Waals surface area contributed by atoms with Crippen LogP contribution in [0.4, 0.5) is 37.7 Å². The van der Waals surface area contributed by atoms with Crippen LogP contribution in [0.2, 0.25) is 0 Å². The Morgan fingerprint density at radius 3 is 1.65 bits per heavy atom. The van der Waals surface area contributed by atoms with E-state index in [-0.39, 0.29) is 5.50 Å². The molecule has 0 spiro atoms. The topological polar surface area (TPSA) is 117 Å². The highest BCUT2D eigenvalue weighted by atomic mass is 32.2. The highest BCUT2D eigenvalue weighted by Gasteiger charge is 2.31. The molecule has 1 N–H and O–H groups in total. The number of nitrogens with zero attached hydrogens (tertiary/aromatic N) is 11. The van der Waals surface area contributed by atoms with Crippen molar-refractivity contribution >= 4 is 52.5 Å². The number of rotatable bonds is 13. The van der Waals surface area contributed by atoms with E-state index in [9.17, 15) is 26.3 Å². The molecule has 4 heterocycles. The van der Waals surface area contributed by atoms with Gasteiger partial charge in [0.25, 0.3) is 0 Å². The number of amidine groups is 1. The Morgan fingerprint density at radius 1 is 0.590 bits per heavy atom. The van der Waals surface area contributed by atoms with Crippen molar-refractivity contribution in [3.05, 3.63) is 192 Å². The van der Waals surface area contributed by atoms with Crippen LogP contribution in [0.25, 0.3) is 34.2 Å². The van der Waals surface area contributed by atoms with E-state index in [4.69, 9.17) is 10.1 Å². The molecule has 2 aliphatic heterocycles. The van der Waals surface area contributed by atoms with E-state index in [0.29, 0.717) is 34.9 Å². The Hall–Kier alpha value is -7.71. The van der Waals surface area contributed by atoms with Gasteiger partial charge in [-0.3, -0.25) is 5.43 Å². The number of para-hydroxylation sites is 2. The number of aromatic nitrogens is 6. The summed E-state index contributed by atoms with van der Waals surface area (Å²) in [7, 11) is 0. The second kappa shape index (κ2) is 24.7. The minimum Gasteiger partial charge on any atom is -0.341 e. The van der Waals surface area contributed by atoms with Gasteiger partial charge >= 0.3 is 12.4 Å². The molecule has 2 aromatic heterocycles. The molecule has 0 aliphatic carbocycles. The number of benzene rings is 6. The van der Waals surface area contributed by atoms with E-state index < -0.39 is 23.5 Å². The first-order valence-electron chi connectivity index (χ1n) is 25.3. The van der Waals surface area contributed by atoms with Gasteiger partial charge in [-0.1, -0.05) is 124 Å². The highest BCUT2D eigenvalue weighted by Crippen LogP contribution is 2.35. The maximum atomic E-state index is 12.8. The molecule has 0 radical (unpaired) electrons. The van der Waals surface area contributed by atoms with Crippen molar-refractivity contribution in [3.8, 4) is 34.2 Å². The van der Waals surface area contributed by atoms with E-state index in [0.717, 1.165) is 94.8 Å². The normalized spacial score (nSPS) is 15.9. The average molecular weight is 1100 g/mol. The number of nitrogens with one attached hydrogen (secondary N) is 1. The summed E-state index contributed by atoms with van der Waals surface area (Å²) in [6.45, 7) is 10.5. The number of hydrogen-bond acceptors (Lipinski definition) is 11.